The van der Waals surface area contributed by atoms with E-state index in [9.17, 15) is 40.2 Å². The Labute approximate surface area is 481 Å². The fraction of sp³-hybridized carbons (Fsp3) is 0.618. The molecule has 0 aliphatic carbocycles. The summed E-state index contributed by atoms with van der Waals surface area (Å²) in [6.45, 7) is 50.4. The molecule has 0 radical (unpaired) electrons. The van der Waals surface area contributed by atoms with Gasteiger partial charge in [0, 0.05) is 11.5 Å². The van der Waals surface area contributed by atoms with E-state index in [4.69, 9.17) is 0 Å². The first kappa shape index (κ1) is 68.0. The van der Waals surface area contributed by atoms with Gasteiger partial charge in [0.1, 0.15) is 23.0 Å². The predicted molar refractivity (Wildman–Crippen MR) is 333 cm³/mol. The lowest BCUT2D eigenvalue weighted by Gasteiger charge is -2.29. The largest absolute Gasteiger partial charge is 0.507 e. The molecule has 8 nitrogen and oxygen atoms in total. The molecule has 10 heteroatoms. The monoisotopic (exact) mass is 1110 g/mol. The minimum absolute atomic E-state index is 0.120. The molecule has 4 aromatic carbocycles. The molecule has 0 fully saturated rings. The number of aliphatic carboxylic acids is 2. The summed E-state index contributed by atoms with van der Waals surface area (Å²) >= 11 is 3.48. The van der Waals surface area contributed by atoms with Gasteiger partial charge in [0.15, 0.2) is 0 Å². The summed E-state index contributed by atoms with van der Waals surface area (Å²) in [7, 11) is 0. The molecule has 78 heavy (non-hydrogen) atoms. The Bertz CT molecular complexity index is 2380. The van der Waals surface area contributed by atoms with Gasteiger partial charge in [-0.3, -0.25) is 9.59 Å². The van der Waals surface area contributed by atoms with E-state index in [-0.39, 0.29) is 54.8 Å². The average molecular weight is 1110 g/mol. The molecule has 4 rings (SSSR count). The van der Waals surface area contributed by atoms with Crippen molar-refractivity contribution < 1.29 is 40.2 Å². The van der Waals surface area contributed by atoms with E-state index >= 15 is 0 Å². The quantitative estimate of drug-likeness (QED) is 0.0597. The van der Waals surface area contributed by atoms with E-state index in [1.807, 2.05) is 119 Å². The van der Waals surface area contributed by atoms with Gasteiger partial charge >= 0.3 is 11.9 Å². The minimum atomic E-state index is -0.849. The van der Waals surface area contributed by atoms with Crippen LogP contribution in [0.1, 0.15) is 246 Å². The van der Waals surface area contributed by atoms with Crippen molar-refractivity contribution in [3.05, 3.63) is 115 Å². The molecular weight excluding hydrogens is 1010 g/mol. The van der Waals surface area contributed by atoms with Crippen molar-refractivity contribution in [2.24, 2.45) is 11.8 Å². The van der Waals surface area contributed by atoms with Crippen LogP contribution in [-0.4, -0.2) is 54.1 Å². The third-order valence-corrected chi connectivity index (χ3v) is 16.7. The fourth-order valence-electron chi connectivity index (χ4n) is 9.79. The van der Waals surface area contributed by atoms with E-state index in [1.54, 1.807) is 11.8 Å². The predicted octanol–water partition coefficient (Wildman–Crippen LogP) is 17.7. The first-order valence-electron chi connectivity index (χ1n) is 28.1. The molecule has 0 aliphatic rings. The molecule has 4 aromatic rings. The van der Waals surface area contributed by atoms with Crippen molar-refractivity contribution in [1.29, 1.82) is 0 Å². The highest BCUT2D eigenvalue weighted by molar-refractivity contribution is 7.99. The zero-order chi connectivity index (χ0) is 60.3. The average Bonchev–Trinajstić information content (AvgIpc) is 3.24. The molecule has 0 saturated carbocycles. The number of benzene rings is 4. The van der Waals surface area contributed by atoms with Crippen molar-refractivity contribution in [3.63, 3.8) is 0 Å². The van der Waals surface area contributed by atoms with Crippen molar-refractivity contribution in [2.75, 3.05) is 11.5 Å². The zero-order valence-corrected chi connectivity index (χ0v) is 54.4. The maximum atomic E-state index is 12.3. The van der Waals surface area contributed by atoms with E-state index < -0.39 is 23.8 Å². The third kappa shape index (κ3) is 18.9. The third-order valence-electron chi connectivity index (χ3n) is 14.6. The molecule has 436 valence electrons. The summed E-state index contributed by atoms with van der Waals surface area (Å²) in [5.41, 5.74) is 9.99. The highest BCUT2D eigenvalue weighted by Crippen LogP contribution is 2.45. The van der Waals surface area contributed by atoms with Crippen LogP contribution in [0.25, 0.3) is 0 Å². The van der Waals surface area contributed by atoms with Crippen LogP contribution in [0.2, 0.25) is 0 Å². The number of hydrogen-bond donors (Lipinski definition) is 6. The normalized spacial score (nSPS) is 13.9. The molecule has 0 saturated heterocycles. The number of phenols is 4. The molecule has 0 heterocycles. The van der Waals surface area contributed by atoms with Crippen molar-refractivity contribution in [2.45, 2.75) is 247 Å². The maximum absolute atomic E-state index is 12.3. The summed E-state index contributed by atoms with van der Waals surface area (Å²) in [4.78, 5) is 24.5. The molecule has 0 spiro atoms. The number of hydrogen-bond acceptors (Lipinski definition) is 8. The Morgan fingerprint density at radius 3 is 0.679 bits per heavy atom. The van der Waals surface area contributed by atoms with Crippen LogP contribution >= 0.6 is 23.5 Å². The molecule has 0 bridgehead atoms. The topological polar surface area (TPSA) is 156 Å². The van der Waals surface area contributed by atoms with Crippen molar-refractivity contribution >= 4 is 35.5 Å². The van der Waals surface area contributed by atoms with Gasteiger partial charge in [-0.05, 0) is 147 Å². The Hall–Kier alpha value is -4.28. The first-order chi connectivity index (χ1) is 35.1. The van der Waals surface area contributed by atoms with Crippen molar-refractivity contribution in [1.82, 2.24) is 0 Å². The van der Waals surface area contributed by atoms with Gasteiger partial charge in [0.05, 0.1) is 11.8 Å². The van der Waals surface area contributed by atoms with E-state index in [2.05, 4.69) is 107 Å². The minimum Gasteiger partial charge on any atom is -0.507 e. The SMILES string of the molecule is CC(C)(C)c1cc(CC(CCSCCC(Cc2cc(C(C)(C)C)c(O)c(C(C)(C)C)c2)C(=O)O)C(=O)O)cc(C(C)(C)C)c1O.CC(C)(C)c1cc(CSCc2cc(C(C)(C)C)c(O)c(C(C)(C)C)c2)cc(C(C)(C)C)c1O. The Morgan fingerprint density at radius 2 is 0.513 bits per heavy atom. The number of carbonyl (C=O) groups is 2. The Morgan fingerprint density at radius 1 is 0.333 bits per heavy atom. The fourth-order valence-corrected chi connectivity index (χ4v) is 11.8. The smallest absolute Gasteiger partial charge is 0.306 e. The van der Waals surface area contributed by atoms with E-state index in [0.29, 0.717) is 48.7 Å². The number of aromatic hydroxyl groups is 4. The Kier molecular flexibility index (Phi) is 22.0. The molecule has 2 unspecified atom stereocenters. The summed E-state index contributed by atoms with van der Waals surface area (Å²) in [6, 6.07) is 16.5. The van der Waals surface area contributed by atoms with Gasteiger partial charge in [0.2, 0.25) is 0 Å². The number of rotatable bonds is 16. The number of carboxylic acid groups (broad SMARTS) is 2. The van der Waals surface area contributed by atoms with Gasteiger partial charge in [-0.2, -0.15) is 23.5 Å². The summed E-state index contributed by atoms with van der Waals surface area (Å²) < 4.78 is 0. The second kappa shape index (κ2) is 25.2. The lowest BCUT2D eigenvalue weighted by Crippen LogP contribution is -2.21. The standard InChI is InChI=1S/C38H58O6S.C30H46O2S/c1-35(2,3)27-19-23(20-28(31(27)39)36(4,5)6)17-25(33(41)42)13-15-45-16-14-26(34(43)44)18-24-21-29(37(7,8)9)32(40)30(22-24)38(10,11)12;1-27(2,3)21-13-19(14-22(25(21)31)28(4,5)6)17-33-18-20-15-23(29(7,8)9)26(32)24(16-20)30(10,11)12/h19-22,25-26,39-40H,13-18H2,1-12H3,(H,41,42)(H,43,44);13-16,31-32H,17-18H2,1-12H3. The summed E-state index contributed by atoms with van der Waals surface area (Å²) in [5.74, 6) is 1.56. The number of thioether (sulfide) groups is 2. The van der Waals surface area contributed by atoms with Gasteiger partial charge < -0.3 is 30.6 Å². The van der Waals surface area contributed by atoms with Gasteiger partial charge in [0.25, 0.3) is 0 Å². The second-order valence-corrected chi connectivity index (χ2v) is 32.5. The number of phenolic OH excluding ortho intramolecular Hbond substituents is 4. The van der Waals surface area contributed by atoms with Gasteiger partial charge in [-0.25, -0.2) is 0 Å². The first-order valence-corrected chi connectivity index (χ1v) is 30.5. The van der Waals surface area contributed by atoms with Crippen molar-refractivity contribution in [3.8, 4) is 23.0 Å². The van der Waals surface area contributed by atoms with Crippen LogP contribution in [0.5, 0.6) is 23.0 Å². The summed E-state index contributed by atoms with van der Waals surface area (Å²) in [5, 5.41) is 64.2. The highest BCUT2D eigenvalue weighted by Gasteiger charge is 2.32. The van der Waals surface area contributed by atoms with Crippen LogP contribution in [0.3, 0.4) is 0 Å². The molecule has 0 amide bonds. The molecular formula is C68H104O8S2. The van der Waals surface area contributed by atoms with Crippen LogP contribution in [0.4, 0.5) is 0 Å². The van der Waals surface area contributed by atoms with Crippen LogP contribution in [0, 0.1) is 11.8 Å². The van der Waals surface area contributed by atoms with Crippen LogP contribution in [-0.2, 0) is 77.3 Å². The Balaban J connectivity index is 0.000000430. The molecule has 0 aliphatic heterocycles. The van der Waals surface area contributed by atoms with Gasteiger partial charge in [-0.1, -0.05) is 215 Å². The highest BCUT2D eigenvalue weighted by atomic mass is 32.2. The van der Waals surface area contributed by atoms with Gasteiger partial charge in [-0.15, -0.1) is 0 Å². The molecule has 2 atom stereocenters. The van der Waals surface area contributed by atoms with Crippen LogP contribution < -0.4 is 0 Å². The van der Waals surface area contributed by atoms with E-state index in [1.165, 1.54) is 11.1 Å². The van der Waals surface area contributed by atoms with E-state index in [0.717, 1.165) is 67.1 Å². The molecule has 6 N–H and O–H groups in total. The zero-order valence-electron chi connectivity index (χ0n) is 52.7. The lowest BCUT2D eigenvalue weighted by molar-refractivity contribution is -0.142. The maximum Gasteiger partial charge on any atom is 0.306 e. The summed E-state index contributed by atoms with van der Waals surface area (Å²) in [6.07, 6.45) is 1.67. The lowest BCUT2D eigenvalue weighted by atomic mass is 9.77. The second-order valence-electron chi connectivity index (χ2n) is 30.3. The van der Waals surface area contributed by atoms with Crippen LogP contribution in [0.15, 0.2) is 48.5 Å². The number of carboxylic acids is 2. The molecule has 0 aromatic heterocycles.